The number of pyridine rings is 1. The monoisotopic (exact) mass is 377 g/mol. The van der Waals surface area contributed by atoms with E-state index in [1.54, 1.807) is 6.20 Å². The van der Waals surface area contributed by atoms with Gasteiger partial charge in [-0.2, -0.15) is 0 Å². The molecule has 0 unspecified atom stereocenters. The van der Waals surface area contributed by atoms with Gasteiger partial charge in [0.1, 0.15) is 0 Å². The van der Waals surface area contributed by atoms with Gasteiger partial charge in [-0.05, 0) is 73.8 Å². The standard InChI is InChI=1S/C23H27N3O2/c27-20(13-23-10-15-7-16(11-23)9-17(8-15)12-23)25-14-21(28)26-19-5-1-3-18-4-2-6-24-22(18)19/h1-6,15-17H,7-14H2,(H,25,27)(H,26,28). The summed E-state index contributed by atoms with van der Waals surface area (Å²) in [5.41, 5.74) is 1.64. The first-order valence-corrected chi connectivity index (χ1v) is 10.5. The molecule has 2 N–H and O–H groups in total. The molecule has 0 spiro atoms. The lowest BCUT2D eigenvalue weighted by Gasteiger charge is -2.56. The molecule has 4 bridgehead atoms. The van der Waals surface area contributed by atoms with E-state index in [0.717, 1.165) is 28.7 Å². The highest BCUT2D eigenvalue weighted by atomic mass is 16.2. The quantitative estimate of drug-likeness (QED) is 0.830. The lowest BCUT2D eigenvalue weighted by molar-refractivity contribution is -0.131. The summed E-state index contributed by atoms with van der Waals surface area (Å²) in [5.74, 6) is 2.31. The second-order valence-corrected chi connectivity index (χ2v) is 9.30. The minimum absolute atomic E-state index is 0.00835. The average Bonchev–Trinajstić information content (AvgIpc) is 2.65. The van der Waals surface area contributed by atoms with Crippen LogP contribution in [0.3, 0.4) is 0 Å². The van der Waals surface area contributed by atoms with Crippen molar-refractivity contribution in [2.45, 2.75) is 44.9 Å². The lowest BCUT2D eigenvalue weighted by Crippen LogP contribution is -2.48. The van der Waals surface area contributed by atoms with E-state index in [4.69, 9.17) is 0 Å². The molecule has 6 rings (SSSR count). The van der Waals surface area contributed by atoms with Crippen LogP contribution in [0.5, 0.6) is 0 Å². The van der Waals surface area contributed by atoms with Crippen molar-refractivity contribution in [2.75, 3.05) is 11.9 Å². The van der Waals surface area contributed by atoms with Crippen molar-refractivity contribution in [3.05, 3.63) is 36.5 Å². The van der Waals surface area contributed by atoms with Crippen LogP contribution in [0.1, 0.15) is 44.9 Å². The number of nitrogens with zero attached hydrogens (tertiary/aromatic N) is 1. The lowest BCUT2D eigenvalue weighted by atomic mass is 9.49. The van der Waals surface area contributed by atoms with Gasteiger partial charge < -0.3 is 10.6 Å². The van der Waals surface area contributed by atoms with E-state index in [1.165, 1.54) is 38.5 Å². The Morgan fingerprint density at radius 2 is 1.64 bits per heavy atom. The van der Waals surface area contributed by atoms with Gasteiger partial charge in [-0.15, -0.1) is 0 Å². The fourth-order valence-corrected chi connectivity index (χ4v) is 6.49. The maximum absolute atomic E-state index is 12.6. The van der Waals surface area contributed by atoms with Crippen molar-refractivity contribution in [1.29, 1.82) is 0 Å². The Kier molecular flexibility index (Phi) is 4.33. The Morgan fingerprint density at radius 3 is 2.36 bits per heavy atom. The van der Waals surface area contributed by atoms with Crippen molar-refractivity contribution in [2.24, 2.45) is 23.2 Å². The maximum Gasteiger partial charge on any atom is 0.243 e. The van der Waals surface area contributed by atoms with Crippen molar-refractivity contribution in [3.63, 3.8) is 0 Å². The third-order valence-electron chi connectivity index (χ3n) is 7.05. The molecule has 0 atom stereocenters. The van der Waals surface area contributed by atoms with E-state index in [1.807, 2.05) is 30.3 Å². The van der Waals surface area contributed by atoms with Crippen molar-refractivity contribution in [1.82, 2.24) is 10.3 Å². The molecule has 28 heavy (non-hydrogen) atoms. The second kappa shape index (κ2) is 6.87. The molecule has 1 heterocycles. The summed E-state index contributed by atoms with van der Waals surface area (Å²) in [6.07, 6.45) is 10.1. The first kappa shape index (κ1) is 17.7. The minimum Gasteiger partial charge on any atom is -0.347 e. The number of hydrogen-bond donors (Lipinski definition) is 2. The smallest absolute Gasteiger partial charge is 0.243 e. The number of carbonyl (C=O) groups excluding carboxylic acids is 2. The SMILES string of the molecule is O=C(CC12CC3CC(CC(C3)C1)C2)NCC(=O)Nc1cccc2cccnc12. The van der Waals surface area contributed by atoms with Crippen LogP contribution in [0.15, 0.2) is 36.5 Å². The van der Waals surface area contributed by atoms with Gasteiger partial charge in [0.05, 0.1) is 17.7 Å². The van der Waals surface area contributed by atoms with Gasteiger partial charge in [0.2, 0.25) is 11.8 Å². The van der Waals surface area contributed by atoms with Gasteiger partial charge in [0.15, 0.2) is 0 Å². The Bertz CT molecular complexity index is 882. The van der Waals surface area contributed by atoms with E-state index < -0.39 is 0 Å². The summed E-state index contributed by atoms with van der Waals surface area (Å²) in [6, 6.07) is 9.53. The molecule has 0 aliphatic heterocycles. The molecule has 4 fully saturated rings. The largest absolute Gasteiger partial charge is 0.347 e. The van der Waals surface area contributed by atoms with Crippen LogP contribution in [0.2, 0.25) is 0 Å². The highest BCUT2D eigenvalue weighted by Crippen LogP contribution is 2.61. The molecule has 1 aromatic heterocycles. The number of fused-ring (bicyclic) bond motifs is 1. The zero-order valence-electron chi connectivity index (χ0n) is 16.1. The van der Waals surface area contributed by atoms with Crippen molar-refractivity contribution < 1.29 is 9.59 Å². The first-order valence-electron chi connectivity index (χ1n) is 10.5. The molecule has 1 aromatic carbocycles. The first-order chi connectivity index (χ1) is 13.6. The molecule has 2 amide bonds. The summed E-state index contributed by atoms with van der Waals surface area (Å²) in [6.45, 7) is 0.00835. The number of amides is 2. The van der Waals surface area contributed by atoms with Crippen LogP contribution in [0.4, 0.5) is 5.69 Å². The molecule has 4 aliphatic carbocycles. The second-order valence-electron chi connectivity index (χ2n) is 9.30. The average molecular weight is 377 g/mol. The van der Waals surface area contributed by atoms with Crippen LogP contribution >= 0.6 is 0 Å². The van der Waals surface area contributed by atoms with Gasteiger partial charge in [-0.25, -0.2) is 0 Å². The Balaban J connectivity index is 1.17. The molecular formula is C23H27N3O2. The summed E-state index contributed by atoms with van der Waals surface area (Å²) in [5, 5.41) is 6.72. The van der Waals surface area contributed by atoms with E-state index in [9.17, 15) is 9.59 Å². The number of benzene rings is 1. The van der Waals surface area contributed by atoms with Crippen LogP contribution in [-0.4, -0.2) is 23.3 Å². The number of anilines is 1. The number of nitrogens with one attached hydrogen (secondary N) is 2. The van der Waals surface area contributed by atoms with Gasteiger partial charge >= 0.3 is 0 Å². The number of para-hydroxylation sites is 1. The number of aromatic nitrogens is 1. The van der Waals surface area contributed by atoms with Gasteiger partial charge in [-0.3, -0.25) is 14.6 Å². The van der Waals surface area contributed by atoms with Gasteiger partial charge in [-0.1, -0.05) is 18.2 Å². The Labute approximate surface area is 165 Å². The predicted octanol–water partition coefficient (Wildman–Crippen LogP) is 3.90. The van der Waals surface area contributed by atoms with Crippen LogP contribution in [0, 0.1) is 23.2 Å². The highest BCUT2D eigenvalue weighted by molar-refractivity contribution is 6.01. The number of rotatable bonds is 5. The molecule has 0 saturated heterocycles. The molecule has 0 radical (unpaired) electrons. The summed E-state index contributed by atoms with van der Waals surface area (Å²) < 4.78 is 0. The third kappa shape index (κ3) is 3.38. The maximum atomic E-state index is 12.6. The van der Waals surface area contributed by atoms with E-state index in [2.05, 4.69) is 15.6 Å². The summed E-state index contributed by atoms with van der Waals surface area (Å²) >= 11 is 0. The number of carbonyl (C=O) groups is 2. The van der Waals surface area contributed by atoms with Crippen molar-refractivity contribution >= 4 is 28.4 Å². The number of hydrogen-bond acceptors (Lipinski definition) is 3. The van der Waals surface area contributed by atoms with Gasteiger partial charge in [0.25, 0.3) is 0 Å². The fourth-order valence-electron chi connectivity index (χ4n) is 6.49. The van der Waals surface area contributed by atoms with Gasteiger partial charge in [0, 0.05) is 18.0 Å². The van der Waals surface area contributed by atoms with Crippen LogP contribution in [0.25, 0.3) is 10.9 Å². The Hall–Kier alpha value is -2.43. The molecular weight excluding hydrogens is 350 g/mol. The predicted molar refractivity (Wildman–Crippen MR) is 109 cm³/mol. The highest BCUT2D eigenvalue weighted by Gasteiger charge is 2.51. The zero-order chi connectivity index (χ0) is 19.1. The van der Waals surface area contributed by atoms with E-state index in [-0.39, 0.29) is 23.8 Å². The Morgan fingerprint density at radius 1 is 0.964 bits per heavy atom. The molecule has 4 aliphatic rings. The molecule has 5 heteroatoms. The normalized spacial score (nSPS) is 30.4. The molecule has 4 saturated carbocycles. The molecule has 146 valence electrons. The zero-order valence-corrected chi connectivity index (χ0v) is 16.1. The third-order valence-corrected chi connectivity index (χ3v) is 7.05. The van der Waals surface area contributed by atoms with Crippen molar-refractivity contribution in [3.8, 4) is 0 Å². The minimum atomic E-state index is -0.211. The molecule has 2 aromatic rings. The van der Waals surface area contributed by atoms with Crippen LogP contribution in [-0.2, 0) is 9.59 Å². The molecule has 5 nitrogen and oxygen atoms in total. The van der Waals surface area contributed by atoms with E-state index in [0.29, 0.717) is 12.1 Å². The summed E-state index contributed by atoms with van der Waals surface area (Å²) in [7, 11) is 0. The fraction of sp³-hybridized carbons (Fsp3) is 0.522. The van der Waals surface area contributed by atoms with Crippen LogP contribution < -0.4 is 10.6 Å². The topological polar surface area (TPSA) is 71.1 Å². The summed E-state index contributed by atoms with van der Waals surface area (Å²) in [4.78, 5) is 29.3. The van der Waals surface area contributed by atoms with E-state index >= 15 is 0 Å².